The molecule has 0 aromatic heterocycles. The second-order valence-electron chi connectivity index (χ2n) is 5.87. The molecule has 118 valence electrons. The molecular weight excluding hydrogens is 318 g/mol. The zero-order chi connectivity index (χ0) is 15.6. The molecule has 0 radical (unpaired) electrons. The van der Waals surface area contributed by atoms with Crippen LogP contribution < -0.4 is 0 Å². The lowest BCUT2D eigenvalue weighted by Crippen LogP contribution is -2.39. The second kappa shape index (κ2) is 6.57. The second-order valence-corrected chi connectivity index (χ2v) is 8.24. The number of rotatable bonds is 3. The molecule has 0 atom stereocenters. The third-order valence-electron chi connectivity index (χ3n) is 4.47. The molecule has 0 amide bonds. The van der Waals surface area contributed by atoms with Crippen LogP contribution in [0.4, 0.5) is 0 Å². The van der Waals surface area contributed by atoms with Crippen LogP contribution in [0.15, 0.2) is 53.5 Å². The summed E-state index contributed by atoms with van der Waals surface area (Å²) in [7, 11) is -3.43. The summed E-state index contributed by atoms with van der Waals surface area (Å²) in [5, 5.41) is 0.452. The number of piperidine rings is 1. The Bertz CT molecular complexity index is 676. The highest BCUT2D eigenvalue weighted by molar-refractivity contribution is 7.89. The molecule has 0 unspecified atom stereocenters. The van der Waals surface area contributed by atoms with Crippen molar-refractivity contribution in [2.45, 2.75) is 24.2 Å². The van der Waals surface area contributed by atoms with Crippen LogP contribution in [0, 0.1) is 11.8 Å². The maximum Gasteiger partial charge on any atom is 0.243 e. The maximum absolute atomic E-state index is 12.7. The van der Waals surface area contributed by atoms with Gasteiger partial charge in [-0.15, -0.1) is 0 Å². The van der Waals surface area contributed by atoms with Crippen LogP contribution >= 0.6 is 11.6 Å². The van der Waals surface area contributed by atoms with Crippen LogP contribution in [0.3, 0.4) is 0 Å². The maximum atomic E-state index is 12.7. The van der Waals surface area contributed by atoms with Crippen molar-refractivity contribution in [1.82, 2.24) is 4.31 Å². The third kappa shape index (κ3) is 3.29. The van der Waals surface area contributed by atoms with Gasteiger partial charge in [0.15, 0.2) is 0 Å². The summed E-state index contributed by atoms with van der Waals surface area (Å²) in [6.45, 7) is 1.16. The average molecular weight is 338 g/mol. The van der Waals surface area contributed by atoms with Crippen molar-refractivity contribution < 1.29 is 8.42 Å². The van der Waals surface area contributed by atoms with Gasteiger partial charge < -0.3 is 0 Å². The molecule has 1 aliphatic heterocycles. The van der Waals surface area contributed by atoms with E-state index in [1.165, 1.54) is 6.07 Å². The minimum Gasteiger partial charge on any atom is -0.207 e. The predicted octanol–water partition coefficient (Wildman–Crippen LogP) is 3.87. The molecule has 1 aromatic rings. The predicted molar refractivity (Wildman–Crippen MR) is 89.3 cm³/mol. The molecular formula is C17H20ClNO2S. The van der Waals surface area contributed by atoms with E-state index >= 15 is 0 Å². The first-order valence-electron chi connectivity index (χ1n) is 7.66. The minimum absolute atomic E-state index is 0.288. The van der Waals surface area contributed by atoms with E-state index in [0.29, 0.717) is 29.9 Å². The van der Waals surface area contributed by atoms with Gasteiger partial charge in [-0.05, 0) is 49.3 Å². The van der Waals surface area contributed by atoms with Crippen molar-refractivity contribution in [2.75, 3.05) is 13.1 Å². The normalized spacial score (nSPS) is 21.3. The first-order chi connectivity index (χ1) is 10.6. The largest absolute Gasteiger partial charge is 0.243 e. The Hall–Kier alpha value is -1.10. The lowest BCUT2D eigenvalue weighted by Gasteiger charge is -2.34. The van der Waals surface area contributed by atoms with Crippen molar-refractivity contribution >= 4 is 21.6 Å². The van der Waals surface area contributed by atoms with E-state index in [4.69, 9.17) is 11.6 Å². The van der Waals surface area contributed by atoms with Gasteiger partial charge in [-0.3, -0.25) is 0 Å². The van der Waals surface area contributed by atoms with Gasteiger partial charge in [-0.25, -0.2) is 8.42 Å². The highest BCUT2D eigenvalue weighted by Gasteiger charge is 2.31. The van der Waals surface area contributed by atoms with Gasteiger partial charge in [-0.1, -0.05) is 42.0 Å². The average Bonchev–Trinajstić information content (AvgIpc) is 2.56. The fraction of sp³-hybridized carbons (Fsp3) is 0.412. The van der Waals surface area contributed by atoms with Crippen LogP contribution in [-0.2, 0) is 10.0 Å². The number of halogens is 1. The minimum atomic E-state index is -3.43. The van der Waals surface area contributed by atoms with Crippen molar-refractivity contribution in [3.05, 3.63) is 53.6 Å². The Morgan fingerprint density at radius 1 is 1.09 bits per heavy atom. The molecule has 1 aliphatic carbocycles. The molecule has 2 aliphatic rings. The molecule has 0 N–H and O–H groups in total. The summed E-state index contributed by atoms with van der Waals surface area (Å²) in [6.07, 6.45) is 11.7. The van der Waals surface area contributed by atoms with Gasteiger partial charge in [-0.2, -0.15) is 4.31 Å². The van der Waals surface area contributed by atoms with Crippen molar-refractivity contribution in [1.29, 1.82) is 0 Å². The van der Waals surface area contributed by atoms with Gasteiger partial charge in [0.05, 0.1) is 4.90 Å². The summed E-state index contributed by atoms with van der Waals surface area (Å²) >= 11 is 5.92. The number of allylic oxidation sites excluding steroid dienone is 4. The monoisotopic (exact) mass is 337 g/mol. The molecule has 0 spiro atoms. The Morgan fingerprint density at radius 3 is 2.41 bits per heavy atom. The third-order valence-corrected chi connectivity index (χ3v) is 6.60. The zero-order valence-electron chi connectivity index (χ0n) is 12.4. The number of benzene rings is 1. The first kappa shape index (κ1) is 15.8. The number of hydrogen-bond acceptors (Lipinski definition) is 2. The number of sulfonamides is 1. The van der Waals surface area contributed by atoms with E-state index in [2.05, 4.69) is 24.3 Å². The first-order valence-corrected chi connectivity index (χ1v) is 9.48. The summed E-state index contributed by atoms with van der Waals surface area (Å²) < 4.78 is 26.9. The van der Waals surface area contributed by atoms with Crippen LogP contribution in [-0.4, -0.2) is 25.8 Å². The topological polar surface area (TPSA) is 37.4 Å². The Morgan fingerprint density at radius 2 is 1.77 bits per heavy atom. The highest BCUT2D eigenvalue weighted by atomic mass is 35.5. The smallest absolute Gasteiger partial charge is 0.207 e. The van der Waals surface area contributed by atoms with E-state index in [1.807, 2.05) is 0 Å². The van der Waals surface area contributed by atoms with E-state index in [0.717, 1.165) is 19.3 Å². The Labute approximate surface area is 137 Å². The fourth-order valence-electron chi connectivity index (χ4n) is 3.21. The van der Waals surface area contributed by atoms with Gasteiger partial charge in [0.1, 0.15) is 0 Å². The van der Waals surface area contributed by atoms with Crippen LogP contribution in [0.2, 0.25) is 5.02 Å². The number of nitrogens with zero attached hydrogens (tertiary/aromatic N) is 1. The lowest BCUT2D eigenvalue weighted by atomic mass is 9.83. The van der Waals surface area contributed by atoms with Crippen LogP contribution in [0.1, 0.15) is 19.3 Å². The quantitative estimate of drug-likeness (QED) is 0.785. The fourth-order valence-corrected chi connectivity index (χ4v) is 4.98. The molecule has 5 heteroatoms. The van der Waals surface area contributed by atoms with E-state index in [-0.39, 0.29) is 4.90 Å². The van der Waals surface area contributed by atoms with E-state index in [1.54, 1.807) is 22.5 Å². The van der Waals surface area contributed by atoms with Crippen molar-refractivity contribution in [3.63, 3.8) is 0 Å². The molecule has 1 heterocycles. The zero-order valence-corrected chi connectivity index (χ0v) is 13.9. The van der Waals surface area contributed by atoms with Crippen molar-refractivity contribution in [2.24, 2.45) is 11.8 Å². The SMILES string of the molecule is O=S(=O)(c1cccc(Cl)c1)N1CCC(C2C=CCC=C2)CC1. The molecule has 1 fully saturated rings. The molecule has 22 heavy (non-hydrogen) atoms. The van der Waals surface area contributed by atoms with E-state index in [9.17, 15) is 8.42 Å². The van der Waals surface area contributed by atoms with E-state index < -0.39 is 10.0 Å². The molecule has 0 bridgehead atoms. The Kier molecular flexibility index (Phi) is 4.71. The molecule has 3 rings (SSSR count). The summed E-state index contributed by atoms with van der Waals surface area (Å²) in [6, 6.07) is 6.50. The summed E-state index contributed by atoms with van der Waals surface area (Å²) in [4.78, 5) is 0.288. The van der Waals surface area contributed by atoms with Gasteiger partial charge in [0.25, 0.3) is 0 Å². The van der Waals surface area contributed by atoms with Gasteiger partial charge >= 0.3 is 0 Å². The lowest BCUT2D eigenvalue weighted by molar-refractivity contribution is 0.250. The molecule has 1 saturated heterocycles. The standard InChI is InChI=1S/C17H20ClNO2S/c18-16-7-4-8-17(13-16)22(20,21)19-11-9-15(10-12-19)14-5-2-1-3-6-14/h2-8,13-15H,1,9-12H2. The summed E-state index contributed by atoms with van der Waals surface area (Å²) in [5.41, 5.74) is 0. The molecule has 3 nitrogen and oxygen atoms in total. The number of hydrogen-bond donors (Lipinski definition) is 0. The van der Waals surface area contributed by atoms with Crippen molar-refractivity contribution in [3.8, 4) is 0 Å². The van der Waals surface area contributed by atoms with Gasteiger partial charge in [0.2, 0.25) is 10.0 Å². The highest BCUT2D eigenvalue weighted by Crippen LogP contribution is 2.31. The molecule has 1 aromatic carbocycles. The molecule has 0 saturated carbocycles. The Balaban J connectivity index is 1.69. The van der Waals surface area contributed by atoms with Crippen LogP contribution in [0.5, 0.6) is 0 Å². The van der Waals surface area contributed by atoms with Crippen LogP contribution in [0.25, 0.3) is 0 Å². The summed E-state index contributed by atoms with van der Waals surface area (Å²) in [5.74, 6) is 1.00. The van der Waals surface area contributed by atoms with Gasteiger partial charge in [0, 0.05) is 18.1 Å².